The summed E-state index contributed by atoms with van der Waals surface area (Å²) in [5.41, 5.74) is 5.51. The molecule has 92 valence electrons. The molecule has 1 aliphatic carbocycles. The zero-order valence-corrected chi connectivity index (χ0v) is 9.77. The Morgan fingerprint density at radius 2 is 2.12 bits per heavy atom. The lowest BCUT2D eigenvalue weighted by Gasteiger charge is -2.35. The van der Waals surface area contributed by atoms with Gasteiger partial charge >= 0.3 is 5.97 Å². The van der Waals surface area contributed by atoms with Crippen molar-refractivity contribution in [1.29, 1.82) is 0 Å². The second-order valence-corrected chi connectivity index (χ2v) is 5.07. The molecule has 2 aliphatic rings. The highest BCUT2D eigenvalue weighted by molar-refractivity contribution is 5.73. The van der Waals surface area contributed by atoms with Crippen LogP contribution in [0.25, 0.3) is 0 Å². The summed E-state index contributed by atoms with van der Waals surface area (Å²) in [5, 5.41) is 9.26. The number of fused-ring (bicyclic) bond motifs is 1. The van der Waals surface area contributed by atoms with Gasteiger partial charge in [-0.05, 0) is 44.7 Å². The molecule has 0 aromatic rings. The van der Waals surface area contributed by atoms with Crippen molar-refractivity contribution >= 4 is 5.97 Å². The van der Waals surface area contributed by atoms with Crippen LogP contribution in [0.5, 0.6) is 0 Å². The molecular weight excluding hydrogens is 204 g/mol. The van der Waals surface area contributed by atoms with Crippen LogP contribution in [0.1, 0.15) is 38.5 Å². The van der Waals surface area contributed by atoms with Gasteiger partial charge in [0.25, 0.3) is 0 Å². The van der Waals surface area contributed by atoms with Crippen LogP contribution in [0.3, 0.4) is 0 Å². The first kappa shape index (κ1) is 11.9. The first-order chi connectivity index (χ1) is 7.74. The Labute approximate surface area is 96.8 Å². The Hall–Kier alpha value is -0.610. The van der Waals surface area contributed by atoms with E-state index < -0.39 is 5.97 Å². The van der Waals surface area contributed by atoms with Gasteiger partial charge in [0.05, 0.1) is 0 Å². The molecule has 16 heavy (non-hydrogen) atoms. The quantitative estimate of drug-likeness (QED) is 0.752. The molecule has 0 bridgehead atoms. The number of nitrogens with two attached hydrogens (primary N) is 1. The molecule has 2 rings (SSSR count). The predicted octanol–water partition coefficient (Wildman–Crippen LogP) is 1.05. The highest BCUT2D eigenvalue weighted by Crippen LogP contribution is 2.37. The molecule has 0 radical (unpaired) electrons. The van der Waals surface area contributed by atoms with Crippen molar-refractivity contribution in [2.45, 2.75) is 50.6 Å². The van der Waals surface area contributed by atoms with Crippen LogP contribution in [0.15, 0.2) is 0 Å². The SMILES string of the molecule is NCCC(C(=O)O)N1CCC2CCCCC21. The van der Waals surface area contributed by atoms with E-state index in [1.165, 1.54) is 32.1 Å². The summed E-state index contributed by atoms with van der Waals surface area (Å²) in [5.74, 6) is 0.0463. The molecule has 0 amide bonds. The van der Waals surface area contributed by atoms with Crippen LogP contribution >= 0.6 is 0 Å². The molecule has 3 N–H and O–H groups in total. The zero-order valence-electron chi connectivity index (χ0n) is 9.77. The van der Waals surface area contributed by atoms with E-state index in [0.29, 0.717) is 19.0 Å². The van der Waals surface area contributed by atoms with E-state index in [4.69, 9.17) is 5.73 Å². The Bertz CT molecular complexity index is 257. The summed E-state index contributed by atoms with van der Waals surface area (Å²) >= 11 is 0. The summed E-state index contributed by atoms with van der Waals surface area (Å²) in [6.07, 6.45) is 6.81. The van der Waals surface area contributed by atoms with Crippen molar-refractivity contribution in [2.75, 3.05) is 13.1 Å². The fraction of sp³-hybridized carbons (Fsp3) is 0.917. The minimum absolute atomic E-state index is 0.349. The highest BCUT2D eigenvalue weighted by Gasteiger charge is 2.40. The standard InChI is InChI=1S/C12H22N2O2/c13-7-5-11(12(15)16)14-8-6-9-3-1-2-4-10(9)14/h9-11H,1-8,13H2,(H,15,16). The minimum atomic E-state index is -0.698. The van der Waals surface area contributed by atoms with E-state index in [-0.39, 0.29) is 6.04 Å². The molecule has 4 heteroatoms. The topological polar surface area (TPSA) is 66.6 Å². The summed E-state index contributed by atoms with van der Waals surface area (Å²) in [4.78, 5) is 13.5. The van der Waals surface area contributed by atoms with Gasteiger partial charge in [0, 0.05) is 6.04 Å². The van der Waals surface area contributed by atoms with E-state index in [1.807, 2.05) is 0 Å². The lowest BCUT2D eigenvalue weighted by atomic mass is 9.85. The van der Waals surface area contributed by atoms with Crippen LogP contribution in [-0.4, -0.2) is 41.1 Å². The van der Waals surface area contributed by atoms with Gasteiger partial charge in [-0.3, -0.25) is 9.69 Å². The van der Waals surface area contributed by atoms with Gasteiger partial charge in [-0.2, -0.15) is 0 Å². The van der Waals surface area contributed by atoms with Gasteiger partial charge in [-0.1, -0.05) is 12.8 Å². The maximum absolute atomic E-state index is 11.3. The highest BCUT2D eigenvalue weighted by atomic mass is 16.4. The van der Waals surface area contributed by atoms with Crippen molar-refractivity contribution in [3.8, 4) is 0 Å². The molecule has 1 heterocycles. The van der Waals surface area contributed by atoms with Gasteiger partial charge < -0.3 is 10.8 Å². The maximum Gasteiger partial charge on any atom is 0.320 e. The third kappa shape index (κ3) is 2.23. The molecule has 0 spiro atoms. The fourth-order valence-electron chi connectivity index (χ4n) is 3.42. The number of aliphatic carboxylic acids is 1. The van der Waals surface area contributed by atoms with Crippen molar-refractivity contribution in [3.63, 3.8) is 0 Å². The number of hydrogen-bond acceptors (Lipinski definition) is 3. The van der Waals surface area contributed by atoms with E-state index in [2.05, 4.69) is 4.90 Å². The average Bonchev–Trinajstić information content (AvgIpc) is 2.69. The smallest absolute Gasteiger partial charge is 0.320 e. The number of carboxylic acids is 1. The lowest BCUT2D eigenvalue weighted by molar-refractivity contribution is -0.144. The maximum atomic E-state index is 11.3. The fourth-order valence-corrected chi connectivity index (χ4v) is 3.42. The van der Waals surface area contributed by atoms with Crippen LogP contribution in [0.2, 0.25) is 0 Å². The minimum Gasteiger partial charge on any atom is -0.480 e. The number of rotatable bonds is 4. The monoisotopic (exact) mass is 226 g/mol. The van der Waals surface area contributed by atoms with Crippen molar-refractivity contribution in [2.24, 2.45) is 11.7 Å². The lowest BCUT2D eigenvalue weighted by Crippen LogP contribution is -2.47. The number of hydrogen-bond donors (Lipinski definition) is 2. The molecule has 0 aromatic heterocycles. The molecule has 3 atom stereocenters. The Morgan fingerprint density at radius 3 is 2.81 bits per heavy atom. The van der Waals surface area contributed by atoms with Gasteiger partial charge in [0.15, 0.2) is 0 Å². The number of likely N-dealkylation sites (tertiary alicyclic amines) is 1. The third-order valence-corrected chi connectivity index (χ3v) is 4.18. The van der Waals surface area contributed by atoms with Crippen LogP contribution in [0, 0.1) is 5.92 Å². The van der Waals surface area contributed by atoms with Crippen LogP contribution in [-0.2, 0) is 4.79 Å². The van der Waals surface area contributed by atoms with E-state index in [1.54, 1.807) is 0 Å². The van der Waals surface area contributed by atoms with Crippen molar-refractivity contribution in [3.05, 3.63) is 0 Å². The molecular formula is C12H22N2O2. The second kappa shape index (κ2) is 5.15. The van der Waals surface area contributed by atoms with Crippen LogP contribution in [0.4, 0.5) is 0 Å². The van der Waals surface area contributed by atoms with Crippen molar-refractivity contribution in [1.82, 2.24) is 4.90 Å². The number of carbonyl (C=O) groups is 1. The van der Waals surface area contributed by atoms with Gasteiger partial charge in [0.1, 0.15) is 6.04 Å². The zero-order chi connectivity index (χ0) is 11.5. The number of carboxylic acid groups (broad SMARTS) is 1. The summed E-state index contributed by atoms with van der Waals surface area (Å²) in [6, 6.07) is 0.166. The third-order valence-electron chi connectivity index (χ3n) is 4.18. The Balaban J connectivity index is 2.04. The average molecular weight is 226 g/mol. The Kier molecular flexibility index (Phi) is 3.82. The summed E-state index contributed by atoms with van der Waals surface area (Å²) in [6.45, 7) is 1.41. The molecule has 4 nitrogen and oxygen atoms in total. The first-order valence-electron chi connectivity index (χ1n) is 6.42. The second-order valence-electron chi connectivity index (χ2n) is 5.07. The largest absolute Gasteiger partial charge is 0.480 e. The molecule has 3 unspecified atom stereocenters. The molecule has 1 aliphatic heterocycles. The number of nitrogens with zero attached hydrogens (tertiary/aromatic N) is 1. The van der Waals surface area contributed by atoms with E-state index in [9.17, 15) is 9.90 Å². The molecule has 1 saturated carbocycles. The van der Waals surface area contributed by atoms with Gasteiger partial charge in [-0.15, -0.1) is 0 Å². The van der Waals surface area contributed by atoms with Crippen LogP contribution < -0.4 is 5.73 Å². The van der Waals surface area contributed by atoms with E-state index >= 15 is 0 Å². The summed E-state index contributed by atoms with van der Waals surface area (Å²) < 4.78 is 0. The van der Waals surface area contributed by atoms with Crippen molar-refractivity contribution < 1.29 is 9.90 Å². The molecule has 0 aromatic carbocycles. The van der Waals surface area contributed by atoms with Gasteiger partial charge in [-0.25, -0.2) is 0 Å². The predicted molar refractivity (Wildman–Crippen MR) is 62.2 cm³/mol. The molecule has 1 saturated heterocycles. The normalized spacial score (nSPS) is 32.3. The first-order valence-corrected chi connectivity index (χ1v) is 6.42. The molecule has 2 fully saturated rings. The van der Waals surface area contributed by atoms with E-state index in [0.717, 1.165) is 12.5 Å². The summed E-state index contributed by atoms with van der Waals surface area (Å²) in [7, 11) is 0. The Morgan fingerprint density at radius 1 is 1.38 bits per heavy atom. The van der Waals surface area contributed by atoms with Gasteiger partial charge in [0.2, 0.25) is 0 Å².